The minimum Gasteiger partial charge on any atom is -0.322 e. The molecule has 0 bridgehead atoms. The van der Waals surface area contributed by atoms with Crippen molar-refractivity contribution in [1.29, 1.82) is 0 Å². The number of hydrogen-bond donors (Lipinski definition) is 1. The van der Waals surface area contributed by atoms with Gasteiger partial charge < -0.3 is 5.32 Å². The predicted molar refractivity (Wildman–Crippen MR) is 102 cm³/mol. The number of amides is 1. The number of rotatable bonds is 5. The van der Waals surface area contributed by atoms with Crippen molar-refractivity contribution in [3.8, 4) is 0 Å². The van der Waals surface area contributed by atoms with E-state index in [9.17, 15) is 9.18 Å². The van der Waals surface area contributed by atoms with E-state index in [1.807, 2.05) is 6.07 Å². The number of carbonyl (C=O) groups is 1. The molecule has 0 aliphatic heterocycles. The second kappa shape index (κ2) is 8.29. The lowest BCUT2D eigenvalue weighted by molar-refractivity contribution is 0.102. The SMILES string of the molecule is Cc1cc(NC(=O)c2cccnc2SCc2ccnc(Cl)c2)ccc1F. The zero-order valence-electron chi connectivity index (χ0n) is 13.9. The van der Waals surface area contributed by atoms with Gasteiger partial charge in [-0.1, -0.05) is 11.6 Å². The monoisotopic (exact) mass is 387 g/mol. The first kappa shape index (κ1) is 18.4. The van der Waals surface area contributed by atoms with Crippen molar-refractivity contribution in [1.82, 2.24) is 9.97 Å². The van der Waals surface area contributed by atoms with Crippen LogP contribution in [-0.4, -0.2) is 15.9 Å². The molecular formula is C19H15ClFN3OS. The summed E-state index contributed by atoms with van der Waals surface area (Å²) in [6.07, 6.45) is 3.28. The van der Waals surface area contributed by atoms with Crippen molar-refractivity contribution < 1.29 is 9.18 Å². The van der Waals surface area contributed by atoms with E-state index in [1.54, 1.807) is 43.6 Å². The van der Waals surface area contributed by atoms with Crippen molar-refractivity contribution in [3.05, 3.63) is 82.5 Å². The number of nitrogens with one attached hydrogen (secondary N) is 1. The van der Waals surface area contributed by atoms with Crippen LogP contribution in [0.4, 0.5) is 10.1 Å². The van der Waals surface area contributed by atoms with E-state index in [2.05, 4.69) is 15.3 Å². The zero-order chi connectivity index (χ0) is 18.5. The maximum absolute atomic E-state index is 13.4. The summed E-state index contributed by atoms with van der Waals surface area (Å²) >= 11 is 7.33. The molecule has 132 valence electrons. The van der Waals surface area contributed by atoms with Crippen molar-refractivity contribution in [2.24, 2.45) is 0 Å². The summed E-state index contributed by atoms with van der Waals surface area (Å²) in [5.41, 5.74) is 2.45. The first-order chi connectivity index (χ1) is 12.5. The smallest absolute Gasteiger partial charge is 0.258 e. The summed E-state index contributed by atoms with van der Waals surface area (Å²) in [6.45, 7) is 1.65. The van der Waals surface area contributed by atoms with E-state index in [0.29, 0.717) is 32.7 Å². The van der Waals surface area contributed by atoms with Gasteiger partial charge in [-0.3, -0.25) is 4.79 Å². The van der Waals surface area contributed by atoms with Crippen molar-refractivity contribution >= 4 is 35.0 Å². The third-order valence-corrected chi connectivity index (χ3v) is 4.88. The average molecular weight is 388 g/mol. The van der Waals surface area contributed by atoms with Gasteiger partial charge in [0, 0.05) is 23.8 Å². The molecule has 0 saturated heterocycles. The highest BCUT2D eigenvalue weighted by Crippen LogP contribution is 2.25. The number of halogens is 2. The molecule has 26 heavy (non-hydrogen) atoms. The fourth-order valence-corrected chi connectivity index (χ4v) is 3.41. The van der Waals surface area contributed by atoms with Crippen LogP contribution in [0.2, 0.25) is 5.15 Å². The van der Waals surface area contributed by atoms with Crippen LogP contribution in [0.15, 0.2) is 59.9 Å². The van der Waals surface area contributed by atoms with Crippen molar-refractivity contribution in [2.75, 3.05) is 5.32 Å². The summed E-state index contributed by atoms with van der Waals surface area (Å²) in [6, 6.07) is 11.5. The number of carbonyl (C=O) groups excluding carboxylic acids is 1. The van der Waals surface area contributed by atoms with Gasteiger partial charge in [-0.2, -0.15) is 0 Å². The van der Waals surface area contributed by atoms with E-state index in [4.69, 9.17) is 11.6 Å². The number of aryl methyl sites for hydroxylation is 1. The standard InChI is InChI=1S/C19H15ClFN3OS/c1-12-9-14(4-5-16(12)21)24-18(25)15-3-2-7-23-19(15)26-11-13-6-8-22-17(20)10-13/h2-10H,11H2,1H3,(H,24,25). The molecule has 0 unspecified atom stereocenters. The Bertz CT molecular complexity index is 952. The molecule has 7 heteroatoms. The minimum absolute atomic E-state index is 0.292. The maximum Gasteiger partial charge on any atom is 0.258 e. The molecule has 0 radical (unpaired) electrons. The highest BCUT2D eigenvalue weighted by atomic mass is 35.5. The highest BCUT2D eigenvalue weighted by Gasteiger charge is 2.14. The lowest BCUT2D eigenvalue weighted by Gasteiger charge is -2.10. The van der Waals surface area contributed by atoms with Crippen LogP contribution >= 0.6 is 23.4 Å². The molecule has 0 atom stereocenters. The summed E-state index contributed by atoms with van der Waals surface area (Å²) < 4.78 is 13.4. The van der Waals surface area contributed by atoms with Gasteiger partial charge >= 0.3 is 0 Å². The Morgan fingerprint density at radius 3 is 2.81 bits per heavy atom. The van der Waals surface area contributed by atoms with Crippen LogP contribution in [0, 0.1) is 12.7 Å². The lowest BCUT2D eigenvalue weighted by Crippen LogP contribution is -2.13. The quantitative estimate of drug-likeness (QED) is 0.487. The van der Waals surface area contributed by atoms with Gasteiger partial charge in [0.05, 0.1) is 5.56 Å². The molecule has 0 spiro atoms. The maximum atomic E-state index is 13.4. The fourth-order valence-electron chi connectivity index (χ4n) is 2.28. The molecule has 1 N–H and O–H groups in total. The van der Waals surface area contributed by atoms with Gasteiger partial charge in [-0.05, 0) is 60.5 Å². The first-order valence-electron chi connectivity index (χ1n) is 7.78. The molecule has 0 aliphatic rings. The molecule has 3 aromatic rings. The molecule has 2 aromatic heterocycles. The van der Waals surface area contributed by atoms with E-state index >= 15 is 0 Å². The van der Waals surface area contributed by atoms with E-state index in [1.165, 1.54) is 23.9 Å². The second-order valence-electron chi connectivity index (χ2n) is 5.55. The lowest BCUT2D eigenvalue weighted by atomic mass is 10.2. The first-order valence-corrected chi connectivity index (χ1v) is 9.15. The molecule has 2 heterocycles. The molecule has 1 aromatic carbocycles. The van der Waals surface area contributed by atoms with Gasteiger partial charge in [0.1, 0.15) is 16.0 Å². The Kier molecular flexibility index (Phi) is 5.85. The van der Waals surface area contributed by atoms with Crippen molar-refractivity contribution in [2.45, 2.75) is 17.7 Å². The Hall–Kier alpha value is -2.44. The molecule has 1 amide bonds. The Balaban J connectivity index is 1.75. The molecular weight excluding hydrogens is 373 g/mol. The Morgan fingerprint density at radius 2 is 2.04 bits per heavy atom. The van der Waals surface area contributed by atoms with Gasteiger partial charge in [-0.15, -0.1) is 11.8 Å². The number of thioether (sulfide) groups is 1. The Labute approximate surface area is 159 Å². The van der Waals surface area contributed by atoms with E-state index < -0.39 is 0 Å². The predicted octanol–water partition coefficient (Wildman–Crippen LogP) is 5.12. The third kappa shape index (κ3) is 4.59. The number of nitrogens with zero attached hydrogens (tertiary/aromatic N) is 2. The van der Waals surface area contributed by atoms with Crippen LogP contribution in [-0.2, 0) is 5.75 Å². The molecule has 0 aliphatic carbocycles. The van der Waals surface area contributed by atoms with Gasteiger partial charge in [-0.25, -0.2) is 14.4 Å². The molecule has 3 rings (SSSR count). The van der Waals surface area contributed by atoms with Gasteiger partial charge in [0.25, 0.3) is 5.91 Å². The molecule has 0 fully saturated rings. The van der Waals surface area contributed by atoms with E-state index in [-0.39, 0.29) is 11.7 Å². The summed E-state index contributed by atoms with van der Waals surface area (Å²) in [5.74, 6) is 0.00541. The topological polar surface area (TPSA) is 54.9 Å². The Morgan fingerprint density at radius 1 is 1.19 bits per heavy atom. The normalized spacial score (nSPS) is 10.6. The second-order valence-corrected chi connectivity index (χ2v) is 6.90. The van der Waals surface area contributed by atoms with Gasteiger partial charge in [0.15, 0.2) is 0 Å². The zero-order valence-corrected chi connectivity index (χ0v) is 15.4. The van der Waals surface area contributed by atoms with Crippen LogP contribution in [0.5, 0.6) is 0 Å². The average Bonchev–Trinajstić information content (AvgIpc) is 2.63. The van der Waals surface area contributed by atoms with E-state index in [0.717, 1.165) is 5.56 Å². The number of anilines is 1. The van der Waals surface area contributed by atoms with Crippen LogP contribution in [0.1, 0.15) is 21.5 Å². The van der Waals surface area contributed by atoms with Gasteiger partial charge in [0.2, 0.25) is 0 Å². The summed E-state index contributed by atoms with van der Waals surface area (Å²) in [4.78, 5) is 20.9. The number of hydrogen-bond acceptors (Lipinski definition) is 4. The molecule has 0 saturated carbocycles. The fraction of sp³-hybridized carbons (Fsp3) is 0.105. The summed E-state index contributed by atoms with van der Waals surface area (Å²) in [7, 11) is 0. The summed E-state index contributed by atoms with van der Waals surface area (Å²) in [5, 5.41) is 3.82. The van der Waals surface area contributed by atoms with Crippen LogP contribution in [0.3, 0.4) is 0 Å². The highest BCUT2D eigenvalue weighted by molar-refractivity contribution is 7.98. The minimum atomic E-state index is -0.309. The largest absolute Gasteiger partial charge is 0.322 e. The third-order valence-electron chi connectivity index (χ3n) is 3.60. The number of pyridine rings is 2. The van der Waals surface area contributed by atoms with Crippen molar-refractivity contribution in [3.63, 3.8) is 0 Å². The number of benzene rings is 1. The van der Waals surface area contributed by atoms with Crippen LogP contribution < -0.4 is 5.32 Å². The van der Waals surface area contributed by atoms with Crippen LogP contribution in [0.25, 0.3) is 0 Å². The number of aromatic nitrogens is 2. The molecule has 4 nitrogen and oxygen atoms in total.